The van der Waals surface area contributed by atoms with Crippen LogP contribution in [0.3, 0.4) is 0 Å². The molecule has 0 bridgehead atoms. The van der Waals surface area contributed by atoms with E-state index in [4.69, 9.17) is 4.42 Å². The number of oxazole rings is 1. The molecule has 2 heterocycles. The zero-order valence-corrected chi connectivity index (χ0v) is 13.3. The van der Waals surface area contributed by atoms with Crippen molar-refractivity contribution in [2.24, 2.45) is 0 Å². The molecular weight excluding hydrogens is 306 g/mol. The van der Waals surface area contributed by atoms with Gasteiger partial charge in [-0.2, -0.15) is 0 Å². The first-order valence-corrected chi connectivity index (χ1v) is 8.33. The summed E-state index contributed by atoms with van der Waals surface area (Å²) in [6.07, 6.45) is 5.39. The highest BCUT2D eigenvalue weighted by Crippen LogP contribution is 2.27. The Morgan fingerprint density at radius 3 is 2.83 bits per heavy atom. The van der Waals surface area contributed by atoms with E-state index in [-0.39, 0.29) is 36.1 Å². The van der Waals surface area contributed by atoms with Crippen molar-refractivity contribution in [3.63, 3.8) is 0 Å². The first-order chi connectivity index (χ1) is 11.7. The molecule has 2 aliphatic rings. The van der Waals surface area contributed by atoms with Crippen molar-refractivity contribution < 1.29 is 14.0 Å². The molecule has 1 aliphatic heterocycles. The standard InChI is InChI=1S/C18H19N3O3/c22-16-10-21(15-9-5-4-8-13(15)19-16)18(23)14-11-24-17(20-14)12-6-2-1-3-7-12/h1-3,6-7,11,13,15H,4-5,8-10H2,(H,19,22). The summed E-state index contributed by atoms with van der Waals surface area (Å²) >= 11 is 0. The molecular formula is C18H19N3O3. The Bertz CT molecular complexity index is 756. The number of carbonyl (C=O) groups is 2. The summed E-state index contributed by atoms with van der Waals surface area (Å²) in [6.45, 7) is 0.0908. The predicted molar refractivity (Wildman–Crippen MR) is 87.2 cm³/mol. The summed E-state index contributed by atoms with van der Waals surface area (Å²) in [6, 6.07) is 9.57. The van der Waals surface area contributed by atoms with E-state index in [9.17, 15) is 9.59 Å². The maximum atomic E-state index is 12.9. The lowest BCUT2D eigenvalue weighted by molar-refractivity contribution is -0.127. The Morgan fingerprint density at radius 2 is 2.00 bits per heavy atom. The predicted octanol–water partition coefficient (Wildman–Crippen LogP) is 2.22. The van der Waals surface area contributed by atoms with Crippen LogP contribution in [0.25, 0.3) is 11.5 Å². The van der Waals surface area contributed by atoms with Crippen molar-refractivity contribution in [2.45, 2.75) is 37.8 Å². The van der Waals surface area contributed by atoms with Crippen LogP contribution in [-0.4, -0.2) is 40.3 Å². The number of piperazine rings is 1. The fourth-order valence-electron chi connectivity index (χ4n) is 3.63. The topological polar surface area (TPSA) is 75.4 Å². The molecule has 2 unspecified atom stereocenters. The maximum absolute atomic E-state index is 12.9. The van der Waals surface area contributed by atoms with Gasteiger partial charge in [-0.05, 0) is 25.0 Å². The van der Waals surface area contributed by atoms with Gasteiger partial charge >= 0.3 is 0 Å². The van der Waals surface area contributed by atoms with Crippen LogP contribution >= 0.6 is 0 Å². The molecule has 2 amide bonds. The van der Waals surface area contributed by atoms with Gasteiger partial charge in [0.05, 0.1) is 6.04 Å². The van der Waals surface area contributed by atoms with Crippen LogP contribution in [0.5, 0.6) is 0 Å². The number of hydrogen-bond donors (Lipinski definition) is 1. The third-order valence-corrected chi connectivity index (χ3v) is 4.80. The summed E-state index contributed by atoms with van der Waals surface area (Å²) in [4.78, 5) is 30.8. The van der Waals surface area contributed by atoms with Crippen molar-refractivity contribution in [3.8, 4) is 11.5 Å². The fraction of sp³-hybridized carbons (Fsp3) is 0.389. The molecule has 6 heteroatoms. The first-order valence-electron chi connectivity index (χ1n) is 8.33. The van der Waals surface area contributed by atoms with E-state index in [2.05, 4.69) is 10.3 Å². The molecule has 0 radical (unpaired) electrons. The lowest BCUT2D eigenvalue weighted by Gasteiger charge is -2.43. The normalized spacial score (nSPS) is 23.5. The maximum Gasteiger partial charge on any atom is 0.276 e. The quantitative estimate of drug-likeness (QED) is 0.918. The van der Waals surface area contributed by atoms with Gasteiger partial charge in [-0.3, -0.25) is 9.59 Å². The average molecular weight is 325 g/mol. The fourth-order valence-corrected chi connectivity index (χ4v) is 3.63. The number of nitrogens with zero attached hydrogens (tertiary/aromatic N) is 2. The summed E-state index contributed by atoms with van der Waals surface area (Å²) in [5.74, 6) is 0.0894. The van der Waals surface area contributed by atoms with E-state index in [1.165, 1.54) is 6.26 Å². The number of nitrogens with one attached hydrogen (secondary N) is 1. The lowest BCUT2D eigenvalue weighted by atomic mass is 9.87. The van der Waals surface area contributed by atoms with Crippen molar-refractivity contribution >= 4 is 11.8 Å². The van der Waals surface area contributed by atoms with Gasteiger partial charge in [0, 0.05) is 11.6 Å². The minimum Gasteiger partial charge on any atom is -0.444 e. The SMILES string of the molecule is O=C1CN(C(=O)c2coc(-c3ccccc3)n2)C2CCCCC2N1. The number of fused-ring (bicyclic) bond motifs is 1. The number of hydrogen-bond acceptors (Lipinski definition) is 4. The van der Waals surface area contributed by atoms with E-state index in [1.54, 1.807) is 4.90 Å². The molecule has 1 aromatic heterocycles. The molecule has 1 aromatic carbocycles. The van der Waals surface area contributed by atoms with Crippen molar-refractivity contribution in [1.29, 1.82) is 0 Å². The van der Waals surface area contributed by atoms with Crippen LogP contribution in [0.2, 0.25) is 0 Å². The number of aromatic nitrogens is 1. The monoisotopic (exact) mass is 325 g/mol. The second-order valence-corrected chi connectivity index (χ2v) is 6.36. The number of amides is 2. The molecule has 6 nitrogen and oxygen atoms in total. The van der Waals surface area contributed by atoms with E-state index >= 15 is 0 Å². The largest absolute Gasteiger partial charge is 0.444 e. The lowest BCUT2D eigenvalue weighted by Crippen LogP contribution is -2.62. The minimum absolute atomic E-state index is 0.0563. The Kier molecular flexibility index (Phi) is 3.80. The van der Waals surface area contributed by atoms with E-state index in [1.807, 2.05) is 30.3 Å². The Balaban J connectivity index is 1.58. The molecule has 1 saturated carbocycles. The van der Waals surface area contributed by atoms with Crippen LogP contribution < -0.4 is 5.32 Å². The van der Waals surface area contributed by atoms with E-state index < -0.39 is 0 Å². The summed E-state index contributed by atoms with van der Waals surface area (Å²) in [5, 5.41) is 3.01. The number of rotatable bonds is 2. The highest BCUT2D eigenvalue weighted by Gasteiger charge is 2.39. The molecule has 1 saturated heterocycles. The molecule has 2 fully saturated rings. The molecule has 124 valence electrons. The van der Waals surface area contributed by atoms with Gasteiger partial charge in [0.2, 0.25) is 11.8 Å². The van der Waals surface area contributed by atoms with Gasteiger partial charge in [-0.1, -0.05) is 31.0 Å². The van der Waals surface area contributed by atoms with E-state index in [0.717, 1.165) is 31.2 Å². The smallest absolute Gasteiger partial charge is 0.276 e. The Hall–Kier alpha value is -2.63. The van der Waals surface area contributed by atoms with Gasteiger partial charge in [-0.15, -0.1) is 0 Å². The van der Waals surface area contributed by atoms with Gasteiger partial charge in [0.25, 0.3) is 5.91 Å². The Labute approximate surface area is 139 Å². The van der Waals surface area contributed by atoms with Crippen LogP contribution in [-0.2, 0) is 4.79 Å². The molecule has 0 spiro atoms. The van der Waals surface area contributed by atoms with Gasteiger partial charge in [-0.25, -0.2) is 4.98 Å². The van der Waals surface area contributed by atoms with Gasteiger partial charge < -0.3 is 14.6 Å². The second kappa shape index (κ2) is 6.11. The van der Waals surface area contributed by atoms with Crippen molar-refractivity contribution in [3.05, 3.63) is 42.3 Å². The number of carbonyl (C=O) groups excluding carboxylic acids is 2. The van der Waals surface area contributed by atoms with Gasteiger partial charge in [0.15, 0.2) is 5.69 Å². The minimum atomic E-state index is -0.229. The molecule has 24 heavy (non-hydrogen) atoms. The van der Waals surface area contributed by atoms with Crippen molar-refractivity contribution in [1.82, 2.24) is 15.2 Å². The molecule has 1 N–H and O–H groups in total. The van der Waals surface area contributed by atoms with Crippen LogP contribution in [0.4, 0.5) is 0 Å². The first kappa shape index (κ1) is 14.9. The van der Waals surface area contributed by atoms with Crippen LogP contribution in [0.1, 0.15) is 36.2 Å². The molecule has 2 aromatic rings. The molecule has 1 aliphatic carbocycles. The van der Waals surface area contributed by atoms with Crippen LogP contribution in [0.15, 0.2) is 41.0 Å². The summed E-state index contributed by atoms with van der Waals surface area (Å²) in [7, 11) is 0. The highest BCUT2D eigenvalue weighted by atomic mass is 16.3. The zero-order chi connectivity index (χ0) is 16.5. The zero-order valence-electron chi connectivity index (χ0n) is 13.3. The molecule has 4 rings (SSSR count). The Morgan fingerprint density at radius 1 is 1.21 bits per heavy atom. The third-order valence-electron chi connectivity index (χ3n) is 4.80. The van der Waals surface area contributed by atoms with Crippen molar-refractivity contribution in [2.75, 3.05) is 6.54 Å². The third kappa shape index (κ3) is 2.68. The second-order valence-electron chi connectivity index (χ2n) is 6.36. The van der Waals surface area contributed by atoms with Gasteiger partial charge in [0.1, 0.15) is 12.8 Å². The average Bonchev–Trinajstić information content (AvgIpc) is 3.11. The summed E-state index contributed by atoms with van der Waals surface area (Å²) < 4.78 is 5.47. The van der Waals surface area contributed by atoms with E-state index in [0.29, 0.717) is 5.89 Å². The van der Waals surface area contributed by atoms with Crippen LogP contribution in [0, 0.1) is 0 Å². The number of benzene rings is 1. The highest BCUT2D eigenvalue weighted by molar-refractivity contribution is 5.96. The molecule has 2 atom stereocenters. The summed E-state index contributed by atoms with van der Waals surface area (Å²) in [5.41, 5.74) is 1.08.